The highest BCUT2D eigenvalue weighted by molar-refractivity contribution is 5.88. The van der Waals surface area contributed by atoms with Gasteiger partial charge in [0.25, 0.3) is 0 Å². The molecule has 3 N–H and O–H groups in total. The quantitative estimate of drug-likeness (QED) is 0.575. The minimum Gasteiger partial charge on any atom is -0.463 e. The van der Waals surface area contributed by atoms with Crippen LogP contribution in [0.5, 0.6) is 5.75 Å². The van der Waals surface area contributed by atoms with E-state index in [4.69, 9.17) is 13.9 Å². The van der Waals surface area contributed by atoms with Crippen molar-refractivity contribution in [2.24, 2.45) is 0 Å². The van der Waals surface area contributed by atoms with Gasteiger partial charge in [-0.05, 0) is 29.8 Å². The molecule has 2 heterocycles. The van der Waals surface area contributed by atoms with Gasteiger partial charge >= 0.3 is 0 Å². The number of ketones is 1. The summed E-state index contributed by atoms with van der Waals surface area (Å²) in [7, 11) is 0. The summed E-state index contributed by atoms with van der Waals surface area (Å²) in [5.41, 5.74) is 0.603. The number of aliphatic hydroxyl groups excluding tert-OH is 3. The van der Waals surface area contributed by atoms with Crippen molar-refractivity contribution in [1.82, 2.24) is 0 Å². The first kappa shape index (κ1) is 20.2. The standard InChI is InChI=1S/C21H17FO8/c22-11-3-1-10(2-4-11)14-9-28-15-7-12(5-6-13(15)17(14)24)29-21-20(27)19(26)18(25)16(8-23)30-21/h1-7,9,16,18,20-21,23,25,27H,8H2. The van der Waals surface area contributed by atoms with Crippen LogP contribution in [0, 0.1) is 5.82 Å². The Hall–Kier alpha value is -3.11. The number of hydrogen-bond acceptors (Lipinski definition) is 8. The molecule has 1 aromatic heterocycles. The van der Waals surface area contributed by atoms with E-state index >= 15 is 0 Å². The van der Waals surface area contributed by atoms with Crippen molar-refractivity contribution in [3.8, 4) is 16.9 Å². The van der Waals surface area contributed by atoms with Gasteiger partial charge in [-0.1, -0.05) is 12.1 Å². The molecule has 0 aliphatic carbocycles. The van der Waals surface area contributed by atoms with E-state index in [1.807, 2.05) is 0 Å². The molecule has 1 aliphatic rings. The molecule has 4 rings (SSSR count). The van der Waals surface area contributed by atoms with Crippen LogP contribution < -0.4 is 10.2 Å². The smallest absolute Gasteiger partial charge is 0.233 e. The molecule has 2 aromatic carbocycles. The Kier molecular flexibility index (Phi) is 5.35. The monoisotopic (exact) mass is 416 g/mol. The highest BCUT2D eigenvalue weighted by Gasteiger charge is 2.44. The number of hydrogen-bond donors (Lipinski definition) is 3. The van der Waals surface area contributed by atoms with Crippen molar-refractivity contribution in [3.05, 3.63) is 64.8 Å². The zero-order valence-corrected chi connectivity index (χ0v) is 15.4. The summed E-state index contributed by atoms with van der Waals surface area (Å²) in [5.74, 6) is -1.22. The van der Waals surface area contributed by atoms with Crippen LogP contribution in [-0.2, 0) is 9.53 Å². The van der Waals surface area contributed by atoms with E-state index in [9.17, 15) is 29.3 Å². The molecular weight excluding hydrogens is 399 g/mol. The van der Waals surface area contributed by atoms with Crippen molar-refractivity contribution in [2.45, 2.75) is 24.6 Å². The van der Waals surface area contributed by atoms with Gasteiger partial charge < -0.3 is 29.2 Å². The molecule has 0 spiro atoms. The molecule has 156 valence electrons. The average Bonchev–Trinajstić information content (AvgIpc) is 2.75. The van der Waals surface area contributed by atoms with Gasteiger partial charge in [-0.25, -0.2) is 4.39 Å². The van der Waals surface area contributed by atoms with Crippen molar-refractivity contribution >= 4 is 16.8 Å². The first-order chi connectivity index (χ1) is 14.4. The number of halogens is 1. The van der Waals surface area contributed by atoms with Gasteiger partial charge in [-0.15, -0.1) is 0 Å². The Labute approximate surface area is 168 Å². The number of Topliss-reactive ketones (excluding diaryl/α,β-unsaturated/α-hetero) is 1. The molecule has 9 heteroatoms. The lowest BCUT2D eigenvalue weighted by Crippen LogP contribution is -2.57. The molecule has 0 radical (unpaired) electrons. The Morgan fingerprint density at radius 2 is 1.77 bits per heavy atom. The number of rotatable bonds is 4. The van der Waals surface area contributed by atoms with Crippen molar-refractivity contribution < 1.29 is 38.4 Å². The molecule has 1 fully saturated rings. The maximum absolute atomic E-state index is 13.1. The van der Waals surface area contributed by atoms with Crippen molar-refractivity contribution in [1.29, 1.82) is 0 Å². The topological polar surface area (TPSA) is 126 Å². The summed E-state index contributed by atoms with van der Waals surface area (Å²) in [4.78, 5) is 24.7. The fraction of sp³-hybridized carbons (Fsp3) is 0.238. The summed E-state index contributed by atoms with van der Waals surface area (Å²) < 4.78 is 29.4. The normalized spacial score (nSPS) is 24.2. The van der Waals surface area contributed by atoms with Crippen molar-refractivity contribution in [3.63, 3.8) is 0 Å². The molecule has 30 heavy (non-hydrogen) atoms. The second kappa shape index (κ2) is 7.96. The van der Waals surface area contributed by atoms with Gasteiger partial charge in [0.15, 0.2) is 17.3 Å². The zero-order valence-electron chi connectivity index (χ0n) is 15.4. The third kappa shape index (κ3) is 3.59. The third-order valence-corrected chi connectivity index (χ3v) is 4.84. The first-order valence-electron chi connectivity index (χ1n) is 9.03. The summed E-state index contributed by atoms with van der Waals surface area (Å²) in [6.45, 7) is -0.641. The van der Waals surface area contributed by atoms with E-state index in [0.29, 0.717) is 5.56 Å². The maximum Gasteiger partial charge on any atom is 0.233 e. The number of benzene rings is 2. The van der Waals surface area contributed by atoms with E-state index in [1.165, 1.54) is 48.7 Å². The Morgan fingerprint density at radius 1 is 1.03 bits per heavy atom. The summed E-state index contributed by atoms with van der Waals surface area (Å²) >= 11 is 0. The lowest BCUT2D eigenvalue weighted by atomic mass is 10.0. The lowest BCUT2D eigenvalue weighted by molar-refractivity contribution is -0.229. The molecule has 1 saturated heterocycles. The fourth-order valence-electron chi connectivity index (χ4n) is 3.19. The maximum atomic E-state index is 13.1. The van der Waals surface area contributed by atoms with Crippen LogP contribution in [0.1, 0.15) is 0 Å². The summed E-state index contributed by atoms with van der Waals surface area (Å²) in [6, 6.07) is 9.66. The molecule has 4 atom stereocenters. The number of carbonyl (C=O) groups is 1. The molecule has 0 bridgehead atoms. The third-order valence-electron chi connectivity index (χ3n) is 4.84. The Balaban J connectivity index is 1.63. The SMILES string of the molecule is O=C1C(O)C(CO)OC(Oc2ccc3c(=O)c(-c4ccc(F)cc4)coc3c2)C1O. The van der Waals surface area contributed by atoms with Gasteiger partial charge in [0.2, 0.25) is 6.29 Å². The zero-order chi connectivity index (χ0) is 21.4. The van der Waals surface area contributed by atoms with Gasteiger partial charge in [0.05, 0.1) is 17.6 Å². The number of aliphatic hydroxyl groups is 3. The molecule has 8 nitrogen and oxygen atoms in total. The molecule has 3 aromatic rings. The molecule has 4 unspecified atom stereocenters. The van der Waals surface area contributed by atoms with Gasteiger partial charge in [-0.2, -0.15) is 0 Å². The van der Waals surface area contributed by atoms with E-state index < -0.39 is 42.8 Å². The van der Waals surface area contributed by atoms with Crippen LogP contribution in [0.4, 0.5) is 4.39 Å². The second-order valence-electron chi connectivity index (χ2n) is 6.78. The average molecular weight is 416 g/mol. The highest BCUT2D eigenvalue weighted by atomic mass is 19.1. The van der Waals surface area contributed by atoms with Crippen LogP contribution in [0.3, 0.4) is 0 Å². The largest absolute Gasteiger partial charge is 0.463 e. The van der Waals surface area contributed by atoms with Crippen LogP contribution in [0.25, 0.3) is 22.1 Å². The Morgan fingerprint density at radius 3 is 2.47 bits per heavy atom. The lowest BCUT2D eigenvalue weighted by Gasteiger charge is -2.34. The summed E-state index contributed by atoms with van der Waals surface area (Å²) in [5, 5.41) is 29.1. The van der Waals surface area contributed by atoms with E-state index in [2.05, 4.69) is 0 Å². The molecule has 0 amide bonds. The molecular formula is C21H17FO8. The van der Waals surface area contributed by atoms with Crippen LogP contribution in [-0.4, -0.2) is 52.3 Å². The van der Waals surface area contributed by atoms with Gasteiger partial charge in [0.1, 0.15) is 35.6 Å². The minimum absolute atomic E-state index is 0.130. The number of ether oxygens (including phenoxy) is 2. The van der Waals surface area contributed by atoms with E-state index in [-0.39, 0.29) is 27.7 Å². The van der Waals surface area contributed by atoms with Gasteiger partial charge in [-0.3, -0.25) is 9.59 Å². The predicted molar refractivity (Wildman–Crippen MR) is 101 cm³/mol. The van der Waals surface area contributed by atoms with Crippen LogP contribution in [0.2, 0.25) is 0 Å². The number of fused-ring (bicyclic) bond motifs is 1. The summed E-state index contributed by atoms with van der Waals surface area (Å²) in [6.07, 6.45) is -4.87. The van der Waals surface area contributed by atoms with Crippen molar-refractivity contribution in [2.75, 3.05) is 6.61 Å². The highest BCUT2D eigenvalue weighted by Crippen LogP contribution is 2.26. The predicted octanol–water partition coefficient (Wildman–Crippen LogP) is 0.986. The first-order valence-corrected chi connectivity index (χ1v) is 9.03. The molecule has 0 saturated carbocycles. The van der Waals surface area contributed by atoms with Gasteiger partial charge in [0, 0.05) is 6.07 Å². The number of carbonyl (C=O) groups excluding carboxylic acids is 1. The van der Waals surface area contributed by atoms with E-state index in [0.717, 1.165) is 0 Å². The molecule has 1 aliphatic heterocycles. The van der Waals surface area contributed by atoms with Crippen LogP contribution >= 0.6 is 0 Å². The van der Waals surface area contributed by atoms with E-state index in [1.54, 1.807) is 0 Å². The fourth-order valence-corrected chi connectivity index (χ4v) is 3.19. The Bertz CT molecular complexity index is 1140. The van der Waals surface area contributed by atoms with Crippen LogP contribution in [0.15, 0.2) is 57.9 Å². The second-order valence-corrected chi connectivity index (χ2v) is 6.78. The minimum atomic E-state index is -1.76.